The van der Waals surface area contributed by atoms with Crippen LogP contribution in [0, 0.1) is 11.8 Å². The molecule has 2 N–H and O–H groups in total. The van der Waals surface area contributed by atoms with Gasteiger partial charge in [0.1, 0.15) is 5.75 Å². The molecule has 1 amide bonds. The summed E-state index contributed by atoms with van der Waals surface area (Å²) in [7, 11) is 0. The summed E-state index contributed by atoms with van der Waals surface area (Å²) in [5.41, 5.74) is 7.39. The fourth-order valence-corrected chi connectivity index (χ4v) is 1.82. The summed E-state index contributed by atoms with van der Waals surface area (Å²) in [5.74, 6) is 6.04. The lowest BCUT2D eigenvalue weighted by Gasteiger charge is -2.12. The van der Waals surface area contributed by atoms with Crippen molar-refractivity contribution in [3.8, 4) is 17.6 Å². The van der Waals surface area contributed by atoms with Crippen molar-refractivity contribution in [2.75, 3.05) is 0 Å². The van der Waals surface area contributed by atoms with Crippen molar-refractivity contribution in [1.29, 1.82) is 0 Å². The second-order valence-electron chi connectivity index (χ2n) is 4.86. The van der Waals surface area contributed by atoms with Gasteiger partial charge >= 0.3 is 0 Å². The highest BCUT2D eigenvalue weighted by molar-refractivity contribution is 5.96. The fraction of sp³-hybridized carbons (Fsp3) is 0.167. The van der Waals surface area contributed by atoms with Gasteiger partial charge in [0.15, 0.2) is 0 Å². The summed E-state index contributed by atoms with van der Waals surface area (Å²) < 4.78 is 5.58. The monoisotopic (exact) mass is 279 g/mol. The molecule has 106 valence electrons. The Balaban J connectivity index is 2.33. The quantitative estimate of drug-likeness (QED) is 0.878. The van der Waals surface area contributed by atoms with Crippen molar-refractivity contribution in [3.63, 3.8) is 0 Å². The zero-order valence-electron chi connectivity index (χ0n) is 12.1. The Bertz CT molecular complexity index is 694. The van der Waals surface area contributed by atoms with Gasteiger partial charge in [-0.15, -0.1) is 0 Å². The molecule has 0 aliphatic carbocycles. The van der Waals surface area contributed by atoms with E-state index >= 15 is 0 Å². The number of hydrogen-bond acceptors (Lipinski definition) is 2. The summed E-state index contributed by atoms with van der Waals surface area (Å²) in [6.07, 6.45) is -0.0237. The molecular formula is C18H17NO2. The van der Waals surface area contributed by atoms with Gasteiger partial charge in [-0.2, -0.15) is 0 Å². The van der Waals surface area contributed by atoms with Crippen molar-refractivity contribution < 1.29 is 9.53 Å². The highest BCUT2D eigenvalue weighted by Gasteiger charge is 2.11. The van der Waals surface area contributed by atoms with E-state index in [1.165, 1.54) is 0 Å². The standard InChI is InChI=1S/C18H17NO2/c1-13(2)21-17-11-10-15(12-16(17)18(19)20)9-8-14-6-4-3-5-7-14/h3-7,10-13H,1-2H3,(H2,19,20). The van der Waals surface area contributed by atoms with E-state index in [2.05, 4.69) is 11.8 Å². The van der Waals surface area contributed by atoms with Gasteiger partial charge in [-0.25, -0.2) is 0 Å². The Hall–Kier alpha value is -2.73. The summed E-state index contributed by atoms with van der Waals surface area (Å²) in [6.45, 7) is 3.79. The van der Waals surface area contributed by atoms with E-state index < -0.39 is 5.91 Å². The molecule has 0 aliphatic heterocycles. The predicted octanol–water partition coefficient (Wildman–Crippen LogP) is 2.97. The first-order valence-corrected chi connectivity index (χ1v) is 6.74. The van der Waals surface area contributed by atoms with Gasteiger partial charge in [-0.05, 0) is 44.2 Å². The van der Waals surface area contributed by atoms with E-state index in [1.807, 2.05) is 50.2 Å². The number of ether oxygens (including phenoxy) is 1. The summed E-state index contributed by atoms with van der Waals surface area (Å²) in [4.78, 5) is 11.5. The maximum absolute atomic E-state index is 11.5. The summed E-state index contributed by atoms with van der Waals surface area (Å²) in [5, 5.41) is 0. The van der Waals surface area contributed by atoms with Crippen molar-refractivity contribution in [2.24, 2.45) is 5.73 Å². The maximum Gasteiger partial charge on any atom is 0.252 e. The minimum Gasteiger partial charge on any atom is -0.490 e. The van der Waals surface area contributed by atoms with Crippen LogP contribution in [-0.4, -0.2) is 12.0 Å². The summed E-state index contributed by atoms with van der Waals surface area (Å²) >= 11 is 0. The van der Waals surface area contributed by atoms with Gasteiger partial charge in [-0.3, -0.25) is 4.79 Å². The number of rotatable bonds is 3. The predicted molar refractivity (Wildman–Crippen MR) is 83.1 cm³/mol. The lowest BCUT2D eigenvalue weighted by molar-refractivity contribution is 0.0994. The molecule has 0 heterocycles. The van der Waals surface area contributed by atoms with Crippen LogP contribution < -0.4 is 10.5 Å². The molecule has 0 spiro atoms. The van der Waals surface area contributed by atoms with Crippen LogP contribution in [-0.2, 0) is 0 Å². The first-order chi connectivity index (χ1) is 10.1. The minimum atomic E-state index is -0.519. The Labute approximate surface area is 124 Å². The molecule has 3 nitrogen and oxygen atoms in total. The molecule has 0 saturated heterocycles. The zero-order valence-corrected chi connectivity index (χ0v) is 12.1. The molecule has 2 rings (SSSR count). The lowest BCUT2D eigenvalue weighted by atomic mass is 10.1. The van der Waals surface area contributed by atoms with E-state index in [-0.39, 0.29) is 6.10 Å². The second kappa shape index (κ2) is 6.62. The lowest BCUT2D eigenvalue weighted by Crippen LogP contribution is -2.15. The first kappa shape index (κ1) is 14.7. The molecule has 0 unspecified atom stereocenters. The van der Waals surface area contributed by atoms with Gasteiger partial charge in [0, 0.05) is 11.1 Å². The SMILES string of the molecule is CC(C)Oc1ccc(C#Cc2ccccc2)cc1C(N)=O. The molecule has 0 fully saturated rings. The molecule has 0 aliphatic rings. The normalized spacial score (nSPS) is 9.86. The van der Waals surface area contributed by atoms with Crippen molar-refractivity contribution >= 4 is 5.91 Å². The molecule has 21 heavy (non-hydrogen) atoms. The highest BCUT2D eigenvalue weighted by Crippen LogP contribution is 2.20. The first-order valence-electron chi connectivity index (χ1n) is 6.74. The Morgan fingerprint density at radius 1 is 1.05 bits per heavy atom. The largest absolute Gasteiger partial charge is 0.490 e. The van der Waals surface area contributed by atoms with Crippen LogP contribution >= 0.6 is 0 Å². The molecule has 2 aromatic carbocycles. The van der Waals surface area contributed by atoms with Crippen LogP contribution in [0.25, 0.3) is 0 Å². The van der Waals surface area contributed by atoms with Gasteiger partial charge in [0.2, 0.25) is 0 Å². The Morgan fingerprint density at radius 3 is 2.33 bits per heavy atom. The third-order valence-corrected chi connectivity index (χ3v) is 2.73. The number of carbonyl (C=O) groups excluding carboxylic acids is 1. The Kier molecular flexibility index (Phi) is 4.63. The van der Waals surface area contributed by atoms with Crippen molar-refractivity contribution in [3.05, 3.63) is 65.2 Å². The fourth-order valence-electron chi connectivity index (χ4n) is 1.82. The van der Waals surface area contributed by atoms with Crippen LogP contribution in [0.3, 0.4) is 0 Å². The van der Waals surface area contributed by atoms with Crippen LogP contribution in [0.1, 0.15) is 35.3 Å². The van der Waals surface area contributed by atoms with Crippen LogP contribution in [0.5, 0.6) is 5.75 Å². The molecule has 0 atom stereocenters. The molecule has 2 aromatic rings. The minimum absolute atomic E-state index is 0.0237. The van der Waals surface area contributed by atoms with Crippen LogP contribution in [0.15, 0.2) is 48.5 Å². The second-order valence-corrected chi connectivity index (χ2v) is 4.86. The van der Waals surface area contributed by atoms with E-state index in [1.54, 1.807) is 12.1 Å². The Morgan fingerprint density at radius 2 is 1.71 bits per heavy atom. The third kappa shape index (κ3) is 4.12. The van der Waals surface area contributed by atoms with Crippen molar-refractivity contribution in [1.82, 2.24) is 0 Å². The number of primary amides is 1. The zero-order chi connectivity index (χ0) is 15.2. The van der Waals surface area contributed by atoms with Gasteiger partial charge in [-0.1, -0.05) is 30.0 Å². The highest BCUT2D eigenvalue weighted by atomic mass is 16.5. The smallest absolute Gasteiger partial charge is 0.252 e. The molecule has 0 bridgehead atoms. The molecule has 0 saturated carbocycles. The average Bonchev–Trinajstić information content (AvgIpc) is 2.46. The van der Waals surface area contributed by atoms with Gasteiger partial charge in [0.25, 0.3) is 5.91 Å². The van der Waals surface area contributed by atoms with Gasteiger partial charge < -0.3 is 10.5 Å². The maximum atomic E-state index is 11.5. The average molecular weight is 279 g/mol. The molecule has 0 aromatic heterocycles. The van der Waals surface area contributed by atoms with Crippen molar-refractivity contribution in [2.45, 2.75) is 20.0 Å². The number of amides is 1. The summed E-state index contributed by atoms with van der Waals surface area (Å²) in [6, 6.07) is 14.9. The van der Waals surface area contributed by atoms with Gasteiger partial charge in [0.05, 0.1) is 11.7 Å². The molecular weight excluding hydrogens is 262 g/mol. The van der Waals surface area contributed by atoms with Crippen LogP contribution in [0.2, 0.25) is 0 Å². The number of benzene rings is 2. The van der Waals surface area contributed by atoms with Crippen LogP contribution in [0.4, 0.5) is 0 Å². The molecule has 0 radical (unpaired) electrons. The van der Waals surface area contributed by atoms with E-state index in [9.17, 15) is 4.79 Å². The number of hydrogen-bond donors (Lipinski definition) is 1. The van der Waals surface area contributed by atoms with E-state index in [0.29, 0.717) is 11.3 Å². The number of carbonyl (C=O) groups is 1. The topological polar surface area (TPSA) is 52.3 Å². The van der Waals surface area contributed by atoms with E-state index in [0.717, 1.165) is 11.1 Å². The number of nitrogens with two attached hydrogens (primary N) is 1. The molecule has 3 heteroatoms. The third-order valence-electron chi connectivity index (χ3n) is 2.73. The van der Waals surface area contributed by atoms with E-state index in [4.69, 9.17) is 10.5 Å².